The van der Waals surface area contributed by atoms with Crippen molar-refractivity contribution in [3.05, 3.63) is 64.1 Å². The van der Waals surface area contributed by atoms with Gasteiger partial charge >= 0.3 is 0 Å². The smallest absolute Gasteiger partial charge is 0.291 e. The first-order chi connectivity index (χ1) is 15.6. The number of carbonyl (C=O) groups is 1. The molecule has 0 bridgehead atoms. The van der Waals surface area contributed by atoms with Gasteiger partial charge in [0, 0.05) is 31.6 Å². The Hall–Kier alpha value is -3.69. The van der Waals surface area contributed by atoms with Crippen LogP contribution in [0.5, 0.6) is 5.88 Å². The number of amides is 1. The molecule has 1 amide bonds. The third kappa shape index (κ3) is 4.63. The van der Waals surface area contributed by atoms with Crippen molar-refractivity contribution in [3.63, 3.8) is 0 Å². The van der Waals surface area contributed by atoms with E-state index in [0.717, 1.165) is 61.4 Å². The molecular formula is C22H26N6O4. The standard InChI is InChI=1S/C14H16N4O2.C8H10N2O2/c1-9-5-10(6-15-14(9)20-2)18-4-3-12-11(7-18)13(19)17-8-16-12;11-8(7-5-9-6-12-7)10-3-1-2-4-10/h5-6,8H,3-4,7H2,1-2H3,(H,16,17,19);5-6H,1-4H2. The molecular weight excluding hydrogens is 412 g/mol. The fourth-order valence-corrected chi connectivity index (χ4v) is 3.91. The summed E-state index contributed by atoms with van der Waals surface area (Å²) in [4.78, 5) is 42.1. The number of rotatable bonds is 3. The van der Waals surface area contributed by atoms with Crippen LogP contribution in [0, 0.1) is 6.92 Å². The molecule has 0 radical (unpaired) electrons. The number of pyridine rings is 1. The van der Waals surface area contributed by atoms with Gasteiger partial charge in [-0.05, 0) is 25.8 Å². The Morgan fingerprint density at radius 1 is 1.19 bits per heavy atom. The number of nitrogens with one attached hydrogen (secondary N) is 1. The predicted molar refractivity (Wildman–Crippen MR) is 117 cm³/mol. The molecule has 10 nitrogen and oxygen atoms in total. The Kier molecular flexibility index (Phi) is 6.48. The van der Waals surface area contributed by atoms with Gasteiger partial charge in [0.1, 0.15) is 0 Å². The van der Waals surface area contributed by atoms with Crippen molar-refractivity contribution in [2.45, 2.75) is 32.7 Å². The van der Waals surface area contributed by atoms with Crippen molar-refractivity contribution in [1.29, 1.82) is 0 Å². The molecule has 168 valence electrons. The Balaban J connectivity index is 0.000000174. The monoisotopic (exact) mass is 438 g/mol. The van der Waals surface area contributed by atoms with Gasteiger partial charge in [0.25, 0.3) is 11.5 Å². The Morgan fingerprint density at radius 3 is 2.69 bits per heavy atom. The Bertz CT molecular complexity index is 1120. The fourth-order valence-electron chi connectivity index (χ4n) is 3.91. The minimum Gasteiger partial charge on any atom is -0.481 e. The topological polar surface area (TPSA) is 117 Å². The first-order valence-electron chi connectivity index (χ1n) is 10.6. The maximum absolute atomic E-state index is 11.9. The maximum atomic E-state index is 11.9. The summed E-state index contributed by atoms with van der Waals surface area (Å²) in [6.07, 6.45) is 8.95. The van der Waals surface area contributed by atoms with Crippen LogP contribution < -0.4 is 15.2 Å². The van der Waals surface area contributed by atoms with Gasteiger partial charge in [-0.2, -0.15) is 0 Å². The zero-order valence-corrected chi connectivity index (χ0v) is 18.2. The van der Waals surface area contributed by atoms with Crippen LogP contribution >= 0.6 is 0 Å². The van der Waals surface area contributed by atoms with Gasteiger partial charge in [-0.25, -0.2) is 15.0 Å². The van der Waals surface area contributed by atoms with Crippen LogP contribution in [0.1, 0.15) is 40.2 Å². The zero-order chi connectivity index (χ0) is 22.5. The van der Waals surface area contributed by atoms with Gasteiger partial charge < -0.3 is 23.9 Å². The highest BCUT2D eigenvalue weighted by molar-refractivity contribution is 5.91. The average molecular weight is 438 g/mol. The molecule has 1 fully saturated rings. The molecule has 1 saturated heterocycles. The molecule has 5 rings (SSSR count). The molecule has 0 aliphatic carbocycles. The average Bonchev–Trinajstić information content (AvgIpc) is 3.54. The molecule has 2 aliphatic rings. The molecule has 2 aliphatic heterocycles. The van der Waals surface area contributed by atoms with Crippen molar-refractivity contribution in [1.82, 2.24) is 24.8 Å². The molecule has 10 heteroatoms. The summed E-state index contributed by atoms with van der Waals surface area (Å²) in [6, 6.07) is 2.03. The van der Waals surface area contributed by atoms with Crippen molar-refractivity contribution in [2.24, 2.45) is 0 Å². The number of anilines is 1. The molecule has 5 heterocycles. The first kappa shape index (κ1) is 21.5. The van der Waals surface area contributed by atoms with E-state index in [1.807, 2.05) is 13.0 Å². The van der Waals surface area contributed by atoms with E-state index in [1.165, 1.54) is 18.9 Å². The van der Waals surface area contributed by atoms with Crippen LogP contribution in [0.4, 0.5) is 5.69 Å². The van der Waals surface area contributed by atoms with Crippen molar-refractivity contribution in [3.8, 4) is 5.88 Å². The number of hydrogen-bond acceptors (Lipinski definition) is 8. The van der Waals surface area contributed by atoms with Gasteiger partial charge in [-0.1, -0.05) is 0 Å². The normalized spacial score (nSPS) is 15.1. The number of aromatic amines is 1. The second-order valence-electron chi connectivity index (χ2n) is 7.71. The lowest BCUT2D eigenvalue weighted by atomic mass is 10.1. The molecule has 3 aromatic rings. The lowest BCUT2D eigenvalue weighted by Gasteiger charge is -2.29. The third-order valence-electron chi connectivity index (χ3n) is 5.62. The largest absolute Gasteiger partial charge is 0.481 e. The van der Waals surface area contributed by atoms with E-state index in [1.54, 1.807) is 18.2 Å². The van der Waals surface area contributed by atoms with Gasteiger partial charge in [-0.15, -0.1) is 0 Å². The number of fused-ring (bicyclic) bond motifs is 1. The van der Waals surface area contributed by atoms with Crippen LogP contribution in [-0.4, -0.2) is 57.5 Å². The fraction of sp³-hybridized carbons (Fsp3) is 0.409. The van der Waals surface area contributed by atoms with Gasteiger partial charge in [0.2, 0.25) is 11.6 Å². The highest BCUT2D eigenvalue weighted by atomic mass is 16.5. The number of likely N-dealkylation sites (tertiary alicyclic amines) is 1. The quantitative estimate of drug-likeness (QED) is 0.659. The second-order valence-corrected chi connectivity index (χ2v) is 7.71. The van der Waals surface area contributed by atoms with E-state index in [4.69, 9.17) is 9.15 Å². The predicted octanol–water partition coefficient (Wildman–Crippen LogP) is 1.96. The lowest BCUT2D eigenvalue weighted by Crippen LogP contribution is -2.35. The van der Waals surface area contributed by atoms with Crippen molar-refractivity contribution < 1.29 is 13.9 Å². The summed E-state index contributed by atoms with van der Waals surface area (Å²) in [5.74, 6) is 0.938. The number of methoxy groups -OCH3 is 1. The SMILES string of the molecule is COc1ncc(N2CCc3nc[nH]c(=O)c3C2)cc1C.O=C(c1cnco1)N1CCCC1. The number of H-pyrrole nitrogens is 1. The summed E-state index contributed by atoms with van der Waals surface area (Å²) in [7, 11) is 1.61. The molecule has 0 spiro atoms. The highest BCUT2D eigenvalue weighted by Crippen LogP contribution is 2.25. The van der Waals surface area contributed by atoms with Crippen molar-refractivity contribution in [2.75, 3.05) is 31.6 Å². The summed E-state index contributed by atoms with van der Waals surface area (Å²) in [6.45, 7) is 5.05. The van der Waals surface area contributed by atoms with Crippen LogP contribution in [-0.2, 0) is 13.0 Å². The molecule has 0 aromatic carbocycles. The number of aromatic nitrogens is 4. The van der Waals surface area contributed by atoms with Gasteiger partial charge in [-0.3, -0.25) is 9.59 Å². The van der Waals surface area contributed by atoms with Crippen LogP contribution in [0.25, 0.3) is 0 Å². The molecule has 3 aromatic heterocycles. The van der Waals surface area contributed by atoms with Crippen molar-refractivity contribution >= 4 is 11.6 Å². The molecule has 0 unspecified atom stereocenters. The van der Waals surface area contributed by atoms with Crippen LogP contribution in [0.3, 0.4) is 0 Å². The van der Waals surface area contributed by atoms with E-state index in [0.29, 0.717) is 18.2 Å². The van der Waals surface area contributed by atoms with Gasteiger partial charge in [0.05, 0.1) is 49.3 Å². The van der Waals surface area contributed by atoms with Crippen LogP contribution in [0.2, 0.25) is 0 Å². The second kappa shape index (κ2) is 9.63. The zero-order valence-electron chi connectivity index (χ0n) is 18.2. The number of aryl methyl sites for hydroxylation is 1. The number of ether oxygens (including phenoxy) is 1. The summed E-state index contributed by atoms with van der Waals surface area (Å²) in [5.41, 5.74) is 3.56. The minimum absolute atomic E-state index is 0.0370. The summed E-state index contributed by atoms with van der Waals surface area (Å²) >= 11 is 0. The van der Waals surface area contributed by atoms with E-state index in [2.05, 4.69) is 24.8 Å². The molecule has 0 saturated carbocycles. The minimum atomic E-state index is -0.0575. The Morgan fingerprint density at radius 2 is 2.00 bits per heavy atom. The van der Waals surface area contributed by atoms with E-state index < -0.39 is 0 Å². The number of oxazole rings is 1. The Labute approximate surface area is 185 Å². The third-order valence-corrected chi connectivity index (χ3v) is 5.62. The molecule has 32 heavy (non-hydrogen) atoms. The van der Waals surface area contributed by atoms with E-state index in [-0.39, 0.29) is 11.5 Å². The summed E-state index contributed by atoms with van der Waals surface area (Å²) in [5, 5.41) is 0. The number of carbonyl (C=O) groups excluding carboxylic acids is 1. The highest BCUT2D eigenvalue weighted by Gasteiger charge is 2.22. The molecule has 1 N–H and O–H groups in total. The van der Waals surface area contributed by atoms with Crippen LogP contribution in [0.15, 0.2) is 40.4 Å². The number of nitrogens with zero attached hydrogens (tertiary/aromatic N) is 5. The lowest BCUT2D eigenvalue weighted by molar-refractivity contribution is 0.0761. The van der Waals surface area contributed by atoms with E-state index >= 15 is 0 Å². The summed E-state index contributed by atoms with van der Waals surface area (Å²) < 4.78 is 10.1. The van der Waals surface area contributed by atoms with Gasteiger partial charge in [0.15, 0.2) is 6.39 Å². The van der Waals surface area contributed by atoms with E-state index in [9.17, 15) is 9.59 Å². The number of hydrogen-bond donors (Lipinski definition) is 1. The molecule has 0 atom stereocenters. The maximum Gasteiger partial charge on any atom is 0.291 e. The first-order valence-corrected chi connectivity index (χ1v) is 10.6.